The van der Waals surface area contributed by atoms with Crippen LogP contribution in [0.3, 0.4) is 0 Å². The van der Waals surface area contributed by atoms with Crippen LogP contribution >= 0.6 is 0 Å². The van der Waals surface area contributed by atoms with Crippen molar-refractivity contribution in [1.82, 2.24) is 24.3 Å². The zero-order chi connectivity index (χ0) is 31.3. The maximum Gasteiger partial charge on any atom is 0.255 e. The molecule has 0 spiro atoms. The van der Waals surface area contributed by atoms with Crippen molar-refractivity contribution >= 4 is 40.2 Å². The highest BCUT2D eigenvalue weighted by Crippen LogP contribution is 2.28. The van der Waals surface area contributed by atoms with Gasteiger partial charge in [-0.2, -0.15) is 0 Å². The molecule has 0 aliphatic carbocycles. The first-order chi connectivity index (χ1) is 21.9. The smallest absolute Gasteiger partial charge is 0.255 e. The largest absolute Gasteiger partial charge is 0.396 e. The van der Waals surface area contributed by atoms with Crippen LogP contribution in [0.5, 0.6) is 0 Å². The fraction of sp³-hybridized carbons (Fsp3) is 0.235. The summed E-state index contributed by atoms with van der Waals surface area (Å²) >= 11 is 0. The molecule has 0 bridgehead atoms. The third-order valence-corrected chi connectivity index (χ3v) is 8.12. The predicted octanol–water partition coefficient (Wildman–Crippen LogP) is 3.02. The van der Waals surface area contributed by atoms with Crippen molar-refractivity contribution < 1.29 is 19.7 Å². The molecule has 0 saturated carbocycles. The van der Waals surface area contributed by atoms with Gasteiger partial charge in [0.15, 0.2) is 6.21 Å². The van der Waals surface area contributed by atoms with Gasteiger partial charge in [0.1, 0.15) is 18.0 Å². The summed E-state index contributed by atoms with van der Waals surface area (Å²) < 4.78 is 15.2. The number of halogens is 1. The molecule has 5 N–H and O–H groups in total. The Bertz CT molecular complexity index is 1830. The molecule has 10 nitrogen and oxygen atoms in total. The Labute approximate surface area is 260 Å². The first kappa shape index (κ1) is 29.9. The Kier molecular flexibility index (Phi) is 8.81. The first-order valence-corrected chi connectivity index (χ1v) is 14.9. The minimum atomic E-state index is -0.268. The van der Waals surface area contributed by atoms with E-state index in [2.05, 4.69) is 32.5 Å². The molecule has 6 rings (SSSR count). The van der Waals surface area contributed by atoms with E-state index in [4.69, 9.17) is 5.41 Å². The molecule has 230 valence electrons. The first-order valence-electron chi connectivity index (χ1n) is 14.9. The number of carbonyl (C=O) groups excluding carboxylic acids is 1. The summed E-state index contributed by atoms with van der Waals surface area (Å²) in [4.78, 5) is 26.5. The van der Waals surface area contributed by atoms with E-state index in [0.29, 0.717) is 37.4 Å². The van der Waals surface area contributed by atoms with Crippen LogP contribution in [0.1, 0.15) is 27.0 Å². The zero-order valence-electron chi connectivity index (χ0n) is 25.1. The standard InChI is InChI=1S/C34H35FN8O2/c1-41-11-13-42(14-12-41)34(45)30-21-43(20-24(30)10-15-44)28-7-9-32-29(17-28)33(39-22-38-32)40-27-6-8-31(25(16-27)18-36)37-19-23-2-4-26(35)5-3-23/h2-9,16-18,20-22,36-37,44H,10-15,19H2,1H3,(H,38,39,40)/p+1. The van der Waals surface area contributed by atoms with Crippen LogP contribution in [0.15, 0.2) is 79.4 Å². The number of piperazine rings is 1. The van der Waals surface area contributed by atoms with E-state index < -0.39 is 0 Å². The summed E-state index contributed by atoms with van der Waals surface area (Å²) in [7, 11) is 2.06. The fourth-order valence-corrected chi connectivity index (χ4v) is 5.52. The molecule has 11 heteroatoms. The van der Waals surface area contributed by atoms with Crippen molar-refractivity contribution in [1.29, 1.82) is 0 Å². The van der Waals surface area contributed by atoms with E-state index in [1.165, 1.54) is 24.7 Å². The van der Waals surface area contributed by atoms with E-state index in [1.807, 2.05) is 58.3 Å². The quantitative estimate of drug-likeness (QED) is 0.180. The van der Waals surface area contributed by atoms with Gasteiger partial charge in [0, 0.05) is 74.2 Å². The number of aliphatic hydroxyl groups is 1. The number of aliphatic hydroxyl groups excluding tert-OH is 1. The molecule has 1 aliphatic rings. The van der Waals surface area contributed by atoms with Gasteiger partial charge < -0.3 is 30.1 Å². The van der Waals surface area contributed by atoms with E-state index in [0.717, 1.165) is 57.7 Å². The van der Waals surface area contributed by atoms with Crippen molar-refractivity contribution in [3.05, 3.63) is 107 Å². The molecule has 1 fully saturated rings. The van der Waals surface area contributed by atoms with Crippen LogP contribution in [-0.4, -0.2) is 81.4 Å². The normalized spacial score (nSPS) is 13.6. The van der Waals surface area contributed by atoms with Crippen LogP contribution in [0.4, 0.5) is 21.6 Å². The van der Waals surface area contributed by atoms with Crippen molar-refractivity contribution in [2.45, 2.75) is 13.0 Å². The number of anilines is 3. The van der Waals surface area contributed by atoms with Crippen molar-refractivity contribution in [3.63, 3.8) is 0 Å². The molecule has 1 amide bonds. The lowest BCUT2D eigenvalue weighted by molar-refractivity contribution is -0.104. The monoisotopic (exact) mass is 607 g/mol. The summed E-state index contributed by atoms with van der Waals surface area (Å²) in [6.45, 7) is 3.50. The van der Waals surface area contributed by atoms with Gasteiger partial charge in [-0.3, -0.25) is 10.2 Å². The van der Waals surface area contributed by atoms with Gasteiger partial charge in [-0.1, -0.05) is 12.1 Å². The van der Waals surface area contributed by atoms with Crippen LogP contribution in [0, 0.1) is 5.82 Å². The molecular formula is C34H36FN8O2+. The molecule has 0 atom stereocenters. The summed E-state index contributed by atoms with van der Waals surface area (Å²) in [6, 6.07) is 18.0. The predicted molar refractivity (Wildman–Crippen MR) is 174 cm³/mol. The number of likely N-dealkylation sites (N-methyl/N-ethyl adjacent to an activating group) is 1. The van der Waals surface area contributed by atoms with Crippen molar-refractivity contribution in [3.8, 4) is 5.69 Å². The lowest BCUT2D eigenvalue weighted by Gasteiger charge is -2.32. The lowest BCUT2D eigenvalue weighted by Crippen LogP contribution is -2.47. The van der Waals surface area contributed by atoms with Gasteiger partial charge in [0.2, 0.25) is 0 Å². The van der Waals surface area contributed by atoms with Crippen LogP contribution in [0.25, 0.3) is 16.6 Å². The molecule has 1 saturated heterocycles. The SMILES string of the molecule is CN1CCN(C(=O)c2cn(-c3ccc4ncnc(Nc5ccc(NCc6ccc(F)cc6)c(C=[NH2+])c5)c4c3)cc2CCO)CC1. The topological polar surface area (TPSA) is 124 Å². The van der Waals surface area contributed by atoms with Crippen LogP contribution < -0.4 is 16.0 Å². The Balaban J connectivity index is 1.25. The van der Waals surface area contributed by atoms with E-state index in [1.54, 1.807) is 12.1 Å². The molecule has 2 aromatic heterocycles. The number of amides is 1. The van der Waals surface area contributed by atoms with Crippen LogP contribution in [-0.2, 0) is 13.0 Å². The summed E-state index contributed by atoms with van der Waals surface area (Å²) in [5.41, 5.74) is 6.39. The summed E-state index contributed by atoms with van der Waals surface area (Å²) in [6.07, 6.45) is 7.20. The van der Waals surface area contributed by atoms with Gasteiger partial charge in [-0.15, -0.1) is 0 Å². The Morgan fingerprint density at radius 3 is 2.58 bits per heavy atom. The molecule has 45 heavy (non-hydrogen) atoms. The highest BCUT2D eigenvalue weighted by atomic mass is 19.1. The number of hydrogen-bond acceptors (Lipinski definition) is 7. The average Bonchev–Trinajstić information content (AvgIpc) is 3.49. The number of carbonyl (C=O) groups is 1. The Morgan fingerprint density at radius 2 is 1.82 bits per heavy atom. The molecular weight excluding hydrogens is 571 g/mol. The number of aromatic nitrogens is 3. The number of nitrogens with one attached hydrogen (secondary N) is 2. The van der Waals surface area contributed by atoms with E-state index in [-0.39, 0.29) is 18.3 Å². The molecule has 3 aromatic carbocycles. The minimum Gasteiger partial charge on any atom is -0.396 e. The van der Waals surface area contributed by atoms with Gasteiger partial charge in [-0.05, 0) is 73.1 Å². The number of fused-ring (bicyclic) bond motifs is 1. The zero-order valence-corrected chi connectivity index (χ0v) is 25.1. The number of nitrogens with zero attached hydrogens (tertiary/aromatic N) is 5. The fourth-order valence-electron chi connectivity index (χ4n) is 5.52. The second kappa shape index (κ2) is 13.2. The number of rotatable bonds is 10. The van der Waals surface area contributed by atoms with E-state index >= 15 is 0 Å². The van der Waals surface area contributed by atoms with Gasteiger partial charge in [0.05, 0.1) is 16.6 Å². The number of benzene rings is 3. The minimum absolute atomic E-state index is 0.0140. The summed E-state index contributed by atoms with van der Waals surface area (Å²) in [5.74, 6) is 0.337. The molecule has 0 radical (unpaired) electrons. The third-order valence-electron chi connectivity index (χ3n) is 8.12. The Hall–Kier alpha value is -5.13. The average molecular weight is 608 g/mol. The number of hydrogen-bond donors (Lipinski definition) is 4. The lowest BCUT2D eigenvalue weighted by atomic mass is 10.1. The van der Waals surface area contributed by atoms with Gasteiger partial charge >= 0.3 is 0 Å². The highest BCUT2D eigenvalue weighted by Gasteiger charge is 2.24. The van der Waals surface area contributed by atoms with Gasteiger partial charge in [0.25, 0.3) is 5.91 Å². The maximum absolute atomic E-state index is 13.5. The summed E-state index contributed by atoms with van der Waals surface area (Å²) in [5, 5.41) is 23.3. The van der Waals surface area contributed by atoms with Gasteiger partial charge in [-0.25, -0.2) is 14.4 Å². The van der Waals surface area contributed by atoms with Crippen molar-refractivity contribution in [2.75, 3.05) is 50.5 Å². The highest BCUT2D eigenvalue weighted by molar-refractivity contribution is 5.96. The molecule has 5 aromatic rings. The maximum atomic E-state index is 13.5. The van der Waals surface area contributed by atoms with Crippen molar-refractivity contribution in [2.24, 2.45) is 0 Å². The van der Waals surface area contributed by atoms with Crippen LogP contribution in [0.2, 0.25) is 0 Å². The second-order valence-electron chi connectivity index (χ2n) is 11.2. The van der Waals surface area contributed by atoms with E-state index in [9.17, 15) is 14.3 Å². The Morgan fingerprint density at radius 1 is 1.02 bits per heavy atom. The molecule has 1 aliphatic heterocycles. The third kappa shape index (κ3) is 6.69. The molecule has 0 unspecified atom stereocenters. The molecule has 3 heterocycles. The number of nitrogens with two attached hydrogens (primary N) is 1. The second-order valence-corrected chi connectivity index (χ2v) is 11.2.